The molecule has 17 heteroatoms. The van der Waals surface area contributed by atoms with Gasteiger partial charge in [-0.1, -0.05) is 0 Å². The van der Waals surface area contributed by atoms with Gasteiger partial charge in [0, 0.05) is 0 Å². The van der Waals surface area contributed by atoms with Crippen molar-refractivity contribution in [3.63, 3.8) is 0 Å². The molecule has 0 aromatic carbocycles. The molecule has 0 aliphatic rings. The number of hydrogen-bond acceptors (Lipinski definition) is 5. The van der Waals surface area contributed by atoms with Crippen LogP contribution in [0.2, 0.25) is 0 Å². The molecule has 122 valence electrons. The molecule has 0 aromatic heterocycles. The molecule has 13 nitrogen and oxygen atoms in total. The van der Waals surface area contributed by atoms with E-state index in [-0.39, 0.29) is 4.90 Å². The van der Waals surface area contributed by atoms with Crippen LogP contribution in [0.15, 0.2) is 0 Å². The number of nitrogens with zero attached hydrogens (tertiary/aromatic N) is 1. The van der Waals surface area contributed by atoms with E-state index in [0.29, 0.717) is 0 Å². The SMILES string of the molecule is O=P(O)(O)CN(CP(=O)(O)O)C(P(=O)(O)O)P(=O)(O)O. The summed E-state index contributed by atoms with van der Waals surface area (Å²) in [6, 6.07) is 0. The summed E-state index contributed by atoms with van der Waals surface area (Å²) in [5.74, 6) is 0. The van der Waals surface area contributed by atoms with Gasteiger partial charge in [-0.05, 0) is 0 Å². The highest BCUT2D eigenvalue weighted by atomic mass is 31.2. The molecule has 0 atom stereocenters. The minimum absolute atomic E-state index is 0.302. The average molecular weight is 379 g/mol. The second kappa shape index (κ2) is 6.36. The predicted octanol–water partition coefficient (Wildman–Crippen LogP) is -1.80. The summed E-state index contributed by atoms with van der Waals surface area (Å²) >= 11 is 0. The average Bonchev–Trinajstić information content (AvgIpc) is 1.87. The van der Waals surface area contributed by atoms with Gasteiger partial charge in [-0.15, -0.1) is 0 Å². The van der Waals surface area contributed by atoms with Crippen molar-refractivity contribution in [1.29, 1.82) is 0 Å². The van der Waals surface area contributed by atoms with Crippen molar-refractivity contribution in [2.45, 2.75) is 5.52 Å². The van der Waals surface area contributed by atoms with E-state index in [1.54, 1.807) is 0 Å². The van der Waals surface area contributed by atoms with Gasteiger partial charge in [-0.2, -0.15) is 0 Å². The monoisotopic (exact) mass is 379 g/mol. The largest absolute Gasteiger partial charge is 0.355 e. The number of rotatable bonds is 7. The normalized spacial score (nSPS) is 15.1. The summed E-state index contributed by atoms with van der Waals surface area (Å²) in [5.41, 5.74) is -3.07. The lowest BCUT2D eigenvalue weighted by molar-refractivity contribution is 0.240. The van der Waals surface area contributed by atoms with Crippen molar-refractivity contribution in [2.24, 2.45) is 0 Å². The molecule has 0 spiro atoms. The van der Waals surface area contributed by atoms with Gasteiger partial charge in [-0.3, -0.25) is 23.2 Å². The highest BCUT2D eigenvalue weighted by molar-refractivity contribution is 7.70. The lowest BCUT2D eigenvalue weighted by atomic mass is 11.0. The van der Waals surface area contributed by atoms with Crippen LogP contribution in [0, 0.1) is 0 Å². The molecule has 0 amide bonds. The van der Waals surface area contributed by atoms with E-state index < -0.39 is 48.5 Å². The van der Waals surface area contributed by atoms with E-state index in [4.69, 9.17) is 39.1 Å². The summed E-state index contributed by atoms with van der Waals surface area (Å²) in [5, 5.41) is 0. The van der Waals surface area contributed by atoms with Gasteiger partial charge < -0.3 is 39.1 Å². The Kier molecular flexibility index (Phi) is 6.53. The number of hydrogen-bond donors (Lipinski definition) is 8. The van der Waals surface area contributed by atoms with Crippen molar-refractivity contribution >= 4 is 30.4 Å². The smallest absolute Gasteiger partial charge is 0.324 e. The lowest BCUT2D eigenvalue weighted by Gasteiger charge is -2.31. The van der Waals surface area contributed by atoms with E-state index in [9.17, 15) is 18.3 Å². The van der Waals surface area contributed by atoms with E-state index >= 15 is 0 Å². The molecule has 20 heavy (non-hydrogen) atoms. The minimum Gasteiger partial charge on any atom is -0.324 e. The van der Waals surface area contributed by atoms with Crippen LogP contribution in [-0.4, -0.2) is 62.1 Å². The van der Waals surface area contributed by atoms with E-state index in [2.05, 4.69) is 0 Å². The predicted molar refractivity (Wildman–Crippen MR) is 63.5 cm³/mol. The van der Waals surface area contributed by atoms with E-state index in [0.717, 1.165) is 0 Å². The Labute approximate surface area is 111 Å². The topological polar surface area (TPSA) is 233 Å². The van der Waals surface area contributed by atoms with Crippen LogP contribution in [0.1, 0.15) is 0 Å². The standard InChI is InChI=1S/C3H13NO12P4/c5-17(6,7)1-4(2-18(8,9)10)3(19(11,12)13)20(14,15)16/h3H,1-2H2,(H2,5,6,7)(H2,8,9,10)(H2,11,12,13)(H2,14,15,16). The molecule has 0 saturated carbocycles. The second-order valence-corrected chi connectivity index (χ2v) is 10.7. The van der Waals surface area contributed by atoms with Crippen LogP contribution < -0.4 is 0 Å². The third-order valence-electron chi connectivity index (χ3n) is 1.66. The van der Waals surface area contributed by atoms with Gasteiger partial charge in [0.15, 0.2) is 0 Å². The lowest BCUT2D eigenvalue weighted by Crippen LogP contribution is -2.36. The molecular weight excluding hydrogens is 366 g/mol. The quantitative estimate of drug-likeness (QED) is 0.228. The fourth-order valence-electron chi connectivity index (χ4n) is 1.29. The van der Waals surface area contributed by atoms with Crippen LogP contribution >= 0.6 is 30.4 Å². The van der Waals surface area contributed by atoms with Crippen molar-refractivity contribution in [2.75, 3.05) is 12.6 Å². The Balaban J connectivity index is 5.79. The van der Waals surface area contributed by atoms with Crippen LogP contribution in [0.25, 0.3) is 0 Å². The zero-order valence-electron chi connectivity index (χ0n) is 9.44. The molecule has 0 saturated heterocycles. The molecule has 0 aromatic rings. The Hall–Kier alpha value is 0.560. The molecule has 0 aliphatic heterocycles. The zero-order chi connectivity index (χ0) is 16.6. The molecule has 0 aliphatic carbocycles. The summed E-state index contributed by atoms with van der Waals surface area (Å²) in [6.07, 6.45) is -3.31. The third-order valence-corrected chi connectivity index (χ3v) is 6.79. The summed E-state index contributed by atoms with van der Waals surface area (Å²) in [6.45, 7) is 0. The fraction of sp³-hybridized carbons (Fsp3) is 1.00. The molecular formula is C3H13NO12P4. The van der Waals surface area contributed by atoms with Gasteiger partial charge in [0.05, 0.1) is 0 Å². The van der Waals surface area contributed by atoms with Crippen molar-refractivity contribution < 1.29 is 57.4 Å². The summed E-state index contributed by atoms with van der Waals surface area (Å²) < 4.78 is 43.7. The van der Waals surface area contributed by atoms with Crippen molar-refractivity contribution in [3.8, 4) is 0 Å². The molecule has 0 unspecified atom stereocenters. The molecule has 0 fully saturated rings. The minimum atomic E-state index is -5.65. The Morgan fingerprint density at radius 1 is 0.650 bits per heavy atom. The molecule has 0 heterocycles. The maximum absolute atomic E-state index is 11.0. The molecule has 8 N–H and O–H groups in total. The first-order valence-electron chi connectivity index (χ1n) is 4.37. The van der Waals surface area contributed by atoms with E-state index in [1.165, 1.54) is 0 Å². The van der Waals surface area contributed by atoms with Crippen molar-refractivity contribution in [3.05, 3.63) is 0 Å². The van der Waals surface area contributed by atoms with Crippen LogP contribution in [0.5, 0.6) is 0 Å². The fourth-order valence-corrected chi connectivity index (χ4v) is 6.18. The summed E-state index contributed by atoms with van der Waals surface area (Å²) in [4.78, 5) is 69.8. The van der Waals surface area contributed by atoms with Gasteiger partial charge in [-0.25, -0.2) is 0 Å². The molecule has 0 bridgehead atoms. The van der Waals surface area contributed by atoms with Gasteiger partial charge in [0.2, 0.25) is 5.52 Å². The maximum Gasteiger partial charge on any atom is 0.355 e. The highest BCUT2D eigenvalue weighted by Crippen LogP contribution is 2.63. The second-order valence-electron chi connectivity index (χ2n) is 3.73. The van der Waals surface area contributed by atoms with Gasteiger partial charge in [0.25, 0.3) is 0 Å². The molecule has 0 rings (SSSR count). The Bertz CT molecular complexity index is 473. The maximum atomic E-state index is 11.0. The van der Waals surface area contributed by atoms with Crippen molar-refractivity contribution in [1.82, 2.24) is 4.90 Å². The Morgan fingerprint density at radius 3 is 1.05 bits per heavy atom. The van der Waals surface area contributed by atoms with Gasteiger partial charge >= 0.3 is 30.4 Å². The Morgan fingerprint density at radius 2 is 0.900 bits per heavy atom. The van der Waals surface area contributed by atoms with Crippen LogP contribution in [0.3, 0.4) is 0 Å². The highest BCUT2D eigenvalue weighted by Gasteiger charge is 2.50. The van der Waals surface area contributed by atoms with E-state index in [1.807, 2.05) is 0 Å². The third kappa shape index (κ3) is 8.11. The van der Waals surface area contributed by atoms with Crippen LogP contribution in [-0.2, 0) is 18.3 Å². The van der Waals surface area contributed by atoms with Gasteiger partial charge in [0.1, 0.15) is 12.6 Å². The first-order chi connectivity index (χ1) is 8.43. The summed E-state index contributed by atoms with van der Waals surface area (Å²) in [7, 11) is -21.5. The zero-order valence-corrected chi connectivity index (χ0v) is 13.0. The van der Waals surface area contributed by atoms with Crippen LogP contribution in [0.4, 0.5) is 0 Å². The first kappa shape index (κ1) is 20.6. The molecule has 0 radical (unpaired) electrons. The first-order valence-corrected chi connectivity index (χ1v) is 11.3.